The van der Waals surface area contributed by atoms with Gasteiger partial charge < -0.3 is 25.2 Å². The second kappa shape index (κ2) is 12.3. The summed E-state index contributed by atoms with van der Waals surface area (Å²) in [5.74, 6) is 0.678. The van der Waals surface area contributed by atoms with Gasteiger partial charge in [-0.3, -0.25) is 4.79 Å². The van der Waals surface area contributed by atoms with Crippen molar-refractivity contribution in [2.45, 2.75) is 38.5 Å². The average molecular weight is 565 g/mol. The van der Waals surface area contributed by atoms with E-state index >= 15 is 0 Å². The molecule has 10 heteroatoms. The lowest BCUT2D eigenvalue weighted by atomic mass is 9.71. The van der Waals surface area contributed by atoms with Gasteiger partial charge in [0.05, 0.1) is 24.9 Å². The highest BCUT2D eigenvalue weighted by Gasteiger charge is 2.37. The maximum absolute atomic E-state index is 12.7. The zero-order valence-electron chi connectivity index (χ0n) is 23.9. The van der Waals surface area contributed by atoms with Crippen LogP contribution in [0.1, 0.15) is 44.7 Å². The molecule has 2 saturated heterocycles. The molecule has 6 rings (SSSR count). The number of hydrogen-bond donors (Lipinski definition) is 1. The van der Waals surface area contributed by atoms with Gasteiger partial charge in [-0.1, -0.05) is 12.1 Å². The largest absolute Gasteiger partial charge is 0.491 e. The molecule has 0 aliphatic carbocycles. The number of fused-ring (bicyclic) bond motifs is 1. The first-order valence-corrected chi connectivity index (χ1v) is 14.3. The van der Waals surface area contributed by atoms with Gasteiger partial charge >= 0.3 is 6.03 Å². The quantitative estimate of drug-likeness (QED) is 0.502. The fourth-order valence-electron chi connectivity index (χ4n) is 5.88. The summed E-state index contributed by atoms with van der Waals surface area (Å²) in [7, 11) is 4.08. The molecule has 220 valence electrons. The van der Waals surface area contributed by atoms with E-state index in [2.05, 4.69) is 34.1 Å². The molecular weight excluding hydrogens is 523 g/mol. The van der Waals surface area contributed by atoms with Crippen molar-refractivity contribution in [2.75, 3.05) is 56.7 Å². The predicted molar refractivity (Wildman–Crippen MR) is 159 cm³/mol. The molecule has 0 unspecified atom stereocenters. The number of nitrogens with two attached hydrogens (primary N) is 1. The molecule has 2 amide bonds. The van der Waals surface area contributed by atoms with E-state index in [4.69, 9.17) is 10.5 Å². The summed E-state index contributed by atoms with van der Waals surface area (Å²) in [6, 6.07) is 11.9. The van der Waals surface area contributed by atoms with Crippen molar-refractivity contribution in [2.24, 2.45) is 11.1 Å². The number of hydrogen-bond acceptors (Lipinski definition) is 6. The Morgan fingerprint density at radius 1 is 1.02 bits per heavy atom. The van der Waals surface area contributed by atoms with Crippen molar-refractivity contribution < 1.29 is 20.1 Å². The number of piperidine rings is 2. The highest BCUT2D eigenvalue weighted by Crippen LogP contribution is 2.43. The summed E-state index contributed by atoms with van der Waals surface area (Å²) in [6.07, 6.45) is 9.40. The van der Waals surface area contributed by atoms with Gasteiger partial charge in [0, 0.05) is 39.9 Å². The lowest BCUT2D eigenvalue weighted by Crippen LogP contribution is -2.46. The summed E-state index contributed by atoms with van der Waals surface area (Å²) >= 11 is 0. The average Bonchev–Trinajstić information content (AvgIpc) is 3.40. The fraction of sp³-hybridized carbons (Fsp3) is 0.452. The minimum absolute atomic E-state index is 0. The second-order valence-corrected chi connectivity index (χ2v) is 11.4. The number of halogens is 1. The summed E-state index contributed by atoms with van der Waals surface area (Å²) in [5.41, 5.74) is 9.53. The number of carbonyl (C=O) groups is 2. The minimum atomic E-state index is -0.620. The van der Waals surface area contributed by atoms with Crippen LogP contribution >= 0.6 is 0 Å². The standard InChI is InChI=1S/C20H29N3O2.C11H10FN3O.H2/c1-21-10-6-20(7-11-21)8-12-23(13-9-20)16-3-4-18-17(15-16)22(2)19(24)5-14-25-18;12-10-3-1-8(2-4-10)5-9-6-14-15(7-9)11(13)16;/h3-4,15H,5-14H2,1-2H3;1-4,6-7H,5H2,(H2,13,16);1H. The number of nitrogens with zero attached hydrogens (tertiary/aromatic N) is 5. The van der Waals surface area contributed by atoms with Crippen LogP contribution in [-0.2, 0) is 11.2 Å². The zero-order valence-corrected chi connectivity index (χ0v) is 23.9. The van der Waals surface area contributed by atoms with Crippen molar-refractivity contribution in [1.82, 2.24) is 14.7 Å². The number of amides is 2. The molecule has 0 radical (unpaired) electrons. The number of benzene rings is 2. The number of rotatable bonds is 3. The molecule has 0 atom stereocenters. The number of primary amides is 1. The molecule has 9 nitrogen and oxygen atoms in total. The summed E-state index contributed by atoms with van der Waals surface area (Å²) in [4.78, 5) is 29.6. The van der Waals surface area contributed by atoms with E-state index in [9.17, 15) is 14.0 Å². The maximum Gasteiger partial charge on any atom is 0.339 e. The van der Waals surface area contributed by atoms with E-state index in [1.807, 2.05) is 13.1 Å². The Kier molecular flexibility index (Phi) is 8.58. The van der Waals surface area contributed by atoms with Crippen LogP contribution in [0, 0.1) is 11.2 Å². The van der Waals surface area contributed by atoms with E-state index in [0.717, 1.165) is 40.3 Å². The van der Waals surface area contributed by atoms with E-state index in [1.54, 1.807) is 29.4 Å². The number of anilines is 2. The Bertz CT molecular complexity index is 1360. The molecule has 2 N–H and O–H groups in total. The first-order chi connectivity index (χ1) is 19.7. The zero-order chi connectivity index (χ0) is 29.0. The molecule has 2 fully saturated rings. The highest BCUT2D eigenvalue weighted by molar-refractivity contribution is 5.95. The molecule has 3 aromatic rings. The lowest BCUT2D eigenvalue weighted by molar-refractivity contribution is -0.118. The normalized spacial score (nSPS) is 18.7. The van der Waals surface area contributed by atoms with Crippen molar-refractivity contribution in [1.29, 1.82) is 0 Å². The third-order valence-corrected chi connectivity index (χ3v) is 8.67. The van der Waals surface area contributed by atoms with Crippen LogP contribution in [0.3, 0.4) is 0 Å². The van der Waals surface area contributed by atoms with Crippen molar-refractivity contribution >= 4 is 23.3 Å². The Morgan fingerprint density at radius 2 is 1.71 bits per heavy atom. The van der Waals surface area contributed by atoms with Crippen LogP contribution < -0.4 is 20.3 Å². The van der Waals surface area contributed by atoms with Crippen LogP contribution in [0.5, 0.6) is 5.75 Å². The molecular formula is C31H41FN6O3. The Hall–Kier alpha value is -3.92. The number of ether oxygens (including phenoxy) is 1. The molecule has 0 saturated carbocycles. The van der Waals surface area contributed by atoms with Crippen molar-refractivity contribution in [3.8, 4) is 5.75 Å². The van der Waals surface area contributed by atoms with Crippen LogP contribution in [0.2, 0.25) is 0 Å². The Balaban J connectivity index is 0.000000207. The van der Waals surface area contributed by atoms with E-state index < -0.39 is 6.03 Å². The third-order valence-electron chi connectivity index (χ3n) is 8.67. The topological polar surface area (TPSA) is 96.9 Å². The lowest BCUT2D eigenvalue weighted by Gasteiger charge is -2.47. The summed E-state index contributed by atoms with van der Waals surface area (Å²) in [5, 5.41) is 3.80. The first-order valence-electron chi connectivity index (χ1n) is 14.3. The molecule has 2 aromatic carbocycles. The summed E-state index contributed by atoms with van der Waals surface area (Å²) < 4.78 is 19.5. The monoisotopic (exact) mass is 564 g/mol. The van der Waals surface area contributed by atoms with Gasteiger partial charge in [-0.25, -0.2) is 9.18 Å². The molecule has 4 heterocycles. The van der Waals surface area contributed by atoms with Gasteiger partial charge in [-0.05, 0) is 92.7 Å². The smallest absolute Gasteiger partial charge is 0.339 e. The van der Waals surface area contributed by atoms with Gasteiger partial charge in [-0.15, -0.1) is 0 Å². The highest BCUT2D eigenvalue weighted by atomic mass is 19.1. The molecule has 41 heavy (non-hydrogen) atoms. The minimum Gasteiger partial charge on any atom is -0.491 e. The predicted octanol–water partition coefficient (Wildman–Crippen LogP) is 4.53. The van der Waals surface area contributed by atoms with Gasteiger partial charge in [0.25, 0.3) is 0 Å². The molecule has 1 aromatic heterocycles. The number of aromatic nitrogens is 2. The first kappa shape index (κ1) is 28.6. The second-order valence-electron chi connectivity index (χ2n) is 11.4. The maximum atomic E-state index is 12.7. The van der Waals surface area contributed by atoms with Crippen LogP contribution in [-0.4, -0.2) is 73.5 Å². The Morgan fingerprint density at radius 3 is 2.37 bits per heavy atom. The van der Waals surface area contributed by atoms with Gasteiger partial charge in [0.1, 0.15) is 11.6 Å². The van der Waals surface area contributed by atoms with Crippen molar-refractivity contribution in [3.05, 3.63) is 71.8 Å². The van der Waals surface area contributed by atoms with Crippen molar-refractivity contribution in [3.63, 3.8) is 0 Å². The third kappa shape index (κ3) is 6.87. The van der Waals surface area contributed by atoms with Gasteiger partial charge in [0.2, 0.25) is 5.91 Å². The fourth-order valence-corrected chi connectivity index (χ4v) is 5.88. The molecule has 0 bridgehead atoms. The SMILES string of the molecule is CN1CCC2(CC1)CCN(c1ccc3c(c1)N(C)C(=O)CCO3)CC2.NC(=O)n1cc(Cc2ccc(F)cc2)cn1.[HH]. The summed E-state index contributed by atoms with van der Waals surface area (Å²) in [6.45, 7) is 5.17. The number of likely N-dealkylation sites (tertiary alicyclic amines) is 1. The van der Waals surface area contributed by atoms with E-state index in [1.165, 1.54) is 56.6 Å². The molecule has 1 spiro atoms. The molecule has 3 aliphatic rings. The number of carbonyl (C=O) groups excluding carboxylic acids is 2. The van der Waals surface area contributed by atoms with Gasteiger partial charge in [-0.2, -0.15) is 9.78 Å². The van der Waals surface area contributed by atoms with Crippen LogP contribution in [0.15, 0.2) is 54.9 Å². The van der Waals surface area contributed by atoms with Crippen LogP contribution in [0.4, 0.5) is 20.6 Å². The van der Waals surface area contributed by atoms with Crippen LogP contribution in [0.25, 0.3) is 0 Å². The van der Waals surface area contributed by atoms with Gasteiger partial charge in [0.15, 0.2) is 0 Å². The van der Waals surface area contributed by atoms with E-state index in [0.29, 0.717) is 24.9 Å². The molecule has 3 aliphatic heterocycles. The Labute approximate surface area is 242 Å². The van der Waals surface area contributed by atoms with E-state index in [-0.39, 0.29) is 13.2 Å².